The van der Waals surface area contributed by atoms with Gasteiger partial charge in [0.25, 0.3) is 0 Å². The largest absolute Gasteiger partial charge is 0.454 e. The lowest BCUT2D eigenvalue weighted by molar-refractivity contribution is 0.645. The number of aromatic nitrogens is 1. The summed E-state index contributed by atoms with van der Waals surface area (Å²) >= 11 is 0. The van der Waals surface area contributed by atoms with Gasteiger partial charge in [-0.25, -0.2) is 0 Å². The minimum Gasteiger partial charge on any atom is -0.454 e. The standard InChI is InChI=1S/C41H29BN2O/c1-41(2)31-20-10-11-21-33(31)42-34-22-13-19-30-38(34)44(39-29-18-9-12-23-36(29)45-40(30)39)35-25-28(24-32(41)37(35)42)43(26-14-5-3-6-15-26)27-16-7-4-8-17-27/h3-25H,1-2H3. The van der Waals surface area contributed by atoms with Gasteiger partial charge in [0.1, 0.15) is 11.1 Å². The van der Waals surface area contributed by atoms with Crippen LogP contribution in [0.2, 0.25) is 0 Å². The summed E-state index contributed by atoms with van der Waals surface area (Å²) < 4.78 is 9.17. The molecular formula is C41H29BN2O. The Morgan fingerprint density at radius 1 is 0.578 bits per heavy atom. The van der Waals surface area contributed by atoms with E-state index in [1.54, 1.807) is 0 Å². The van der Waals surface area contributed by atoms with E-state index in [1.165, 1.54) is 44.1 Å². The van der Waals surface area contributed by atoms with Crippen molar-refractivity contribution in [3.05, 3.63) is 151 Å². The van der Waals surface area contributed by atoms with E-state index in [0.717, 1.165) is 39.1 Å². The molecule has 0 saturated heterocycles. The maximum absolute atomic E-state index is 6.66. The molecule has 10 rings (SSSR count). The van der Waals surface area contributed by atoms with E-state index >= 15 is 0 Å². The first kappa shape index (κ1) is 24.9. The van der Waals surface area contributed by atoms with Crippen molar-refractivity contribution in [2.75, 3.05) is 4.90 Å². The minimum atomic E-state index is -0.206. The van der Waals surface area contributed by atoms with Crippen molar-refractivity contribution in [1.29, 1.82) is 0 Å². The molecule has 0 atom stereocenters. The maximum Gasteiger partial charge on any atom is 0.247 e. The van der Waals surface area contributed by atoms with E-state index in [0.29, 0.717) is 0 Å². The number of anilines is 3. The van der Waals surface area contributed by atoms with Gasteiger partial charge in [0, 0.05) is 38.9 Å². The second kappa shape index (κ2) is 8.80. The highest BCUT2D eigenvalue weighted by molar-refractivity contribution is 6.99. The van der Waals surface area contributed by atoms with E-state index in [4.69, 9.17) is 4.42 Å². The van der Waals surface area contributed by atoms with Crippen LogP contribution in [0.1, 0.15) is 25.0 Å². The number of furan rings is 1. The van der Waals surface area contributed by atoms with Crippen molar-refractivity contribution in [3.63, 3.8) is 0 Å². The molecule has 0 aliphatic carbocycles. The zero-order valence-electron chi connectivity index (χ0n) is 25.2. The van der Waals surface area contributed by atoms with E-state index in [1.807, 2.05) is 0 Å². The monoisotopic (exact) mass is 576 g/mol. The summed E-state index contributed by atoms with van der Waals surface area (Å²) in [6, 6.07) is 50.7. The molecule has 45 heavy (non-hydrogen) atoms. The van der Waals surface area contributed by atoms with Crippen molar-refractivity contribution < 1.29 is 4.42 Å². The fraction of sp³-hybridized carbons (Fsp3) is 0.0732. The summed E-state index contributed by atoms with van der Waals surface area (Å²) in [4.78, 5) is 2.40. The predicted octanol–water partition coefficient (Wildman–Crippen LogP) is 8.47. The number of rotatable bonds is 3. The Hall–Kier alpha value is -5.48. The number of hydrogen-bond donors (Lipinski definition) is 0. The lowest BCUT2D eigenvalue weighted by Crippen LogP contribution is -2.63. The molecule has 2 aliphatic rings. The van der Waals surface area contributed by atoms with Crippen LogP contribution in [0.25, 0.3) is 38.7 Å². The quantitative estimate of drug-likeness (QED) is 0.197. The summed E-state index contributed by atoms with van der Waals surface area (Å²) in [7, 11) is 0. The Morgan fingerprint density at radius 2 is 1.22 bits per heavy atom. The van der Waals surface area contributed by atoms with Gasteiger partial charge in [-0.3, -0.25) is 0 Å². The van der Waals surface area contributed by atoms with Crippen molar-refractivity contribution in [2.45, 2.75) is 19.3 Å². The third-order valence-corrected chi connectivity index (χ3v) is 10.2. The molecule has 0 fully saturated rings. The highest BCUT2D eigenvalue weighted by atomic mass is 16.3. The lowest BCUT2D eigenvalue weighted by atomic mass is 9.30. The van der Waals surface area contributed by atoms with Crippen LogP contribution in [0, 0.1) is 0 Å². The van der Waals surface area contributed by atoms with Crippen LogP contribution in [0.5, 0.6) is 0 Å². The lowest BCUT2D eigenvalue weighted by Gasteiger charge is -2.42. The first-order valence-corrected chi connectivity index (χ1v) is 15.7. The van der Waals surface area contributed by atoms with Crippen LogP contribution in [0.4, 0.5) is 17.1 Å². The van der Waals surface area contributed by atoms with Gasteiger partial charge >= 0.3 is 0 Å². The van der Waals surface area contributed by atoms with Gasteiger partial charge in [0.05, 0.1) is 5.52 Å². The number of fused-ring (bicyclic) bond motifs is 9. The number of nitrogens with zero attached hydrogens (tertiary/aromatic N) is 2. The van der Waals surface area contributed by atoms with Gasteiger partial charge in [-0.05, 0) is 76.6 Å². The fourth-order valence-electron chi connectivity index (χ4n) is 8.32. The minimum absolute atomic E-state index is 0.136. The second-order valence-electron chi connectivity index (χ2n) is 12.9. The van der Waals surface area contributed by atoms with Crippen LogP contribution >= 0.6 is 0 Å². The molecule has 212 valence electrons. The topological polar surface area (TPSA) is 21.3 Å². The molecule has 0 saturated carbocycles. The molecule has 4 heterocycles. The number of hydrogen-bond acceptors (Lipinski definition) is 2. The van der Waals surface area contributed by atoms with Crippen molar-refractivity contribution >= 4 is 73.1 Å². The number of para-hydroxylation sites is 4. The zero-order valence-corrected chi connectivity index (χ0v) is 25.2. The van der Waals surface area contributed by atoms with Gasteiger partial charge in [-0.15, -0.1) is 0 Å². The number of benzene rings is 6. The summed E-state index contributed by atoms with van der Waals surface area (Å²) in [5.74, 6) is 0. The smallest absolute Gasteiger partial charge is 0.247 e. The summed E-state index contributed by atoms with van der Waals surface area (Å²) in [6.07, 6.45) is 0. The molecule has 0 amide bonds. The fourth-order valence-corrected chi connectivity index (χ4v) is 8.32. The van der Waals surface area contributed by atoms with Gasteiger partial charge < -0.3 is 13.9 Å². The molecule has 8 aromatic rings. The van der Waals surface area contributed by atoms with E-state index in [9.17, 15) is 0 Å². The summed E-state index contributed by atoms with van der Waals surface area (Å²) in [6.45, 7) is 4.92. The van der Waals surface area contributed by atoms with Crippen LogP contribution in [-0.4, -0.2) is 11.3 Å². The molecule has 0 bridgehead atoms. The molecule has 2 aliphatic heterocycles. The van der Waals surface area contributed by atoms with Crippen LogP contribution < -0.4 is 21.3 Å². The van der Waals surface area contributed by atoms with E-state index in [-0.39, 0.29) is 12.1 Å². The Bertz CT molecular complexity index is 2430. The highest BCUT2D eigenvalue weighted by Gasteiger charge is 2.45. The third-order valence-electron chi connectivity index (χ3n) is 10.2. The first-order valence-electron chi connectivity index (χ1n) is 15.7. The molecular weight excluding hydrogens is 547 g/mol. The van der Waals surface area contributed by atoms with Crippen molar-refractivity contribution in [3.8, 4) is 5.69 Å². The summed E-state index contributed by atoms with van der Waals surface area (Å²) in [5, 5.41) is 2.31. The average Bonchev–Trinajstić information content (AvgIpc) is 3.62. The molecule has 0 radical (unpaired) electrons. The Kier molecular flexibility index (Phi) is 4.87. The zero-order chi connectivity index (χ0) is 29.9. The van der Waals surface area contributed by atoms with E-state index < -0.39 is 0 Å². The van der Waals surface area contributed by atoms with Crippen LogP contribution in [0.15, 0.2) is 144 Å². The van der Waals surface area contributed by atoms with Crippen LogP contribution in [0.3, 0.4) is 0 Å². The molecule has 0 spiro atoms. The summed E-state index contributed by atoms with van der Waals surface area (Å²) in [5.41, 5.74) is 15.6. The molecule has 2 aromatic heterocycles. The SMILES string of the molecule is CC1(C)c2ccccc2B2c3c(cc(N(c4ccccc4)c4ccccc4)cc31)-n1c3c2cccc3c2oc3ccccc3c21. The van der Waals surface area contributed by atoms with E-state index in [2.05, 4.69) is 163 Å². The molecule has 4 heteroatoms. The Balaban J connectivity index is 1.40. The Morgan fingerprint density at radius 3 is 2.00 bits per heavy atom. The molecule has 6 aromatic carbocycles. The maximum atomic E-state index is 6.66. The Labute approximate surface area is 262 Å². The van der Waals surface area contributed by atoms with Crippen molar-refractivity contribution in [1.82, 2.24) is 4.57 Å². The first-order chi connectivity index (χ1) is 22.1. The van der Waals surface area contributed by atoms with Crippen LogP contribution in [-0.2, 0) is 5.41 Å². The van der Waals surface area contributed by atoms with Crippen molar-refractivity contribution in [2.24, 2.45) is 0 Å². The second-order valence-corrected chi connectivity index (χ2v) is 12.9. The van der Waals surface area contributed by atoms with Gasteiger partial charge in [-0.1, -0.05) is 104 Å². The average molecular weight is 577 g/mol. The van der Waals surface area contributed by atoms with Gasteiger partial charge in [-0.2, -0.15) is 0 Å². The van der Waals surface area contributed by atoms with Gasteiger partial charge in [0.15, 0.2) is 5.58 Å². The molecule has 0 N–H and O–H groups in total. The third kappa shape index (κ3) is 3.21. The molecule has 0 unspecified atom stereocenters. The normalized spacial score (nSPS) is 14.1. The highest BCUT2D eigenvalue weighted by Crippen LogP contribution is 2.45. The molecule has 3 nitrogen and oxygen atoms in total. The van der Waals surface area contributed by atoms with Gasteiger partial charge in [0.2, 0.25) is 6.71 Å². The predicted molar refractivity (Wildman–Crippen MR) is 188 cm³/mol.